The summed E-state index contributed by atoms with van der Waals surface area (Å²) in [4.78, 5) is 37.4. The maximum Gasteiger partial charge on any atom is 0.325 e. The Hall–Kier alpha value is -3.35. The topological polar surface area (TPSA) is 87.7 Å². The number of esters is 1. The summed E-state index contributed by atoms with van der Waals surface area (Å²) in [5.74, 6) is -0.606. The Morgan fingerprint density at radius 2 is 1.88 bits per heavy atom. The van der Waals surface area contributed by atoms with Gasteiger partial charge in [0.15, 0.2) is 0 Å². The number of carbonyl (C=O) groups is 3. The Kier molecular flexibility index (Phi) is 5.17. The van der Waals surface area contributed by atoms with Crippen molar-refractivity contribution in [1.82, 2.24) is 5.32 Å². The highest BCUT2D eigenvalue weighted by atomic mass is 16.5. The molecule has 2 aromatic carbocycles. The van der Waals surface area contributed by atoms with E-state index in [-0.39, 0.29) is 12.5 Å². The second kappa shape index (κ2) is 7.69. The van der Waals surface area contributed by atoms with Crippen LogP contribution in [-0.4, -0.2) is 38.1 Å². The lowest BCUT2D eigenvalue weighted by Gasteiger charge is -2.18. The van der Waals surface area contributed by atoms with Gasteiger partial charge in [0, 0.05) is 23.5 Å². The molecule has 0 unspecified atom stereocenters. The zero-order valence-electron chi connectivity index (χ0n) is 14.3. The van der Waals surface area contributed by atoms with Gasteiger partial charge in [-0.15, -0.1) is 0 Å². The first-order valence-corrected chi connectivity index (χ1v) is 8.20. The summed E-state index contributed by atoms with van der Waals surface area (Å²) in [5, 5.41) is 5.06. The number of carbonyl (C=O) groups excluding carboxylic acids is 3. The van der Waals surface area contributed by atoms with Crippen LogP contribution in [0.3, 0.4) is 0 Å². The minimum absolute atomic E-state index is 0.0726. The smallest absolute Gasteiger partial charge is 0.325 e. The lowest BCUT2D eigenvalue weighted by molar-refractivity contribution is -0.139. The van der Waals surface area contributed by atoms with Gasteiger partial charge in [0.05, 0.1) is 7.11 Å². The van der Waals surface area contributed by atoms with Crippen LogP contribution in [0.5, 0.6) is 0 Å². The van der Waals surface area contributed by atoms with Gasteiger partial charge >= 0.3 is 12.0 Å². The van der Waals surface area contributed by atoms with Gasteiger partial charge in [-0.2, -0.15) is 0 Å². The number of rotatable bonds is 4. The Bertz CT molecular complexity index is 836. The van der Waals surface area contributed by atoms with E-state index in [1.54, 1.807) is 29.2 Å². The molecule has 7 nitrogen and oxygen atoms in total. The quantitative estimate of drug-likeness (QED) is 0.825. The van der Waals surface area contributed by atoms with Crippen LogP contribution in [0.4, 0.5) is 16.2 Å². The zero-order chi connectivity index (χ0) is 18.5. The molecule has 0 bridgehead atoms. The highest BCUT2D eigenvalue weighted by Gasteiger charge is 2.25. The fraction of sp³-hybridized carbons (Fsp3) is 0.211. The molecular weight excluding hydrogens is 334 g/mol. The predicted octanol–water partition coefficient (Wildman–Crippen LogP) is 2.18. The van der Waals surface area contributed by atoms with Crippen LogP contribution in [0.1, 0.15) is 15.9 Å². The fourth-order valence-electron chi connectivity index (χ4n) is 2.80. The second-order valence-corrected chi connectivity index (χ2v) is 5.80. The van der Waals surface area contributed by atoms with Gasteiger partial charge in [0.1, 0.15) is 6.54 Å². The molecule has 0 saturated carbocycles. The molecule has 0 radical (unpaired) electrons. The van der Waals surface area contributed by atoms with Crippen LogP contribution >= 0.6 is 0 Å². The Balaban J connectivity index is 1.72. The third-order valence-electron chi connectivity index (χ3n) is 4.13. The van der Waals surface area contributed by atoms with Gasteiger partial charge in [-0.3, -0.25) is 9.59 Å². The van der Waals surface area contributed by atoms with Crippen LogP contribution in [-0.2, 0) is 16.0 Å². The third-order valence-corrected chi connectivity index (χ3v) is 4.13. The van der Waals surface area contributed by atoms with Crippen molar-refractivity contribution in [3.05, 3.63) is 59.7 Å². The molecule has 1 heterocycles. The Morgan fingerprint density at radius 3 is 2.62 bits per heavy atom. The molecule has 0 atom stereocenters. The van der Waals surface area contributed by atoms with Gasteiger partial charge in [-0.25, -0.2) is 4.79 Å². The molecule has 3 amide bonds. The molecular formula is C19H19N3O4. The average Bonchev–Trinajstić information content (AvgIpc) is 3.09. The molecule has 0 fully saturated rings. The average molecular weight is 353 g/mol. The van der Waals surface area contributed by atoms with Gasteiger partial charge in [-0.1, -0.05) is 24.3 Å². The number of benzene rings is 2. The number of methoxy groups -OCH3 is 1. The summed E-state index contributed by atoms with van der Waals surface area (Å²) in [6, 6.07) is 14.0. The third kappa shape index (κ3) is 3.83. The number of ether oxygens (including phenoxy) is 1. The number of urea groups is 1. The van der Waals surface area contributed by atoms with Crippen molar-refractivity contribution in [1.29, 1.82) is 0 Å². The molecule has 7 heteroatoms. The van der Waals surface area contributed by atoms with Crippen molar-refractivity contribution in [2.75, 3.05) is 30.4 Å². The van der Waals surface area contributed by atoms with E-state index >= 15 is 0 Å². The molecule has 1 aliphatic rings. The lowest BCUT2D eigenvalue weighted by atomic mass is 10.1. The predicted molar refractivity (Wildman–Crippen MR) is 97.3 cm³/mol. The van der Waals surface area contributed by atoms with E-state index in [4.69, 9.17) is 0 Å². The van der Waals surface area contributed by atoms with Crippen LogP contribution in [0, 0.1) is 0 Å². The van der Waals surface area contributed by atoms with Crippen molar-refractivity contribution in [2.45, 2.75) is 6.42 Å². The van der Waals surface area contributed by atoms with E-state index in [1.807, 2.05) is 24.3 Å². The van der Waals surface area contributed by atoms with Crippen LogP contribution < -0.4 is 15.5 Å². The molecule has 0 spiro atoms. The van der Waals surface area contributed by atoms with E-state index in [0.717, 1.165) is 17.7 Å². The van der Waals surface area contributed by atoms with Crippen molar-refractivity contribution in [3.8, 4) is 0 Å². The van der Waals surface area contributed by atoms with E-state index in [0.29, 0.717) is 17.8 Å². The SMILES string of the molecule is COC(=O)CNC(=O)Nc1ccc2c(c1)N(C(=O)c1ccccc1)CC2. The van der Waals surface area contributed by atoms with Crippen molar-refractivity contribution in [2.24, 2.45) is 0 Å². The molecule has 0 aromatic heterocycles. The normalized spacial score (nSPS) is 12.3. The van der Waals surface area contributed by atoms with E-state index < -0.39 is 12.0 Å². The van der Waals surface area contributed by atoms with Gasteiger partial charge in [-0.05, 0) is 36.2 Å². The minimum atomic E-state index is -0.534. The molecule has 2 N–H and O–H groups in total. The molecule has 3 rings (SSSR count). The van der Waals surface area contributed by atoms with Gasteiger partial charge < -0.3 is 20.3 Å². The number of nitrogens with one attached hydrogen (secondary N) is 2. The lowest BCUT2D eigenvalue weighted by Crippen LogP contribution is -2.33. The van der Waals surface area contributed by atoms with Crippen LogP contribution in [0.15, 0.2) is 48.5 Å². The van der Waals surface area contributed by atoms with Gasteiger partial charge in [0.25, 0.3) is 5.91 Å². The summed E-state index contributed by atoms with van der Waals surface area (Å²) >= 11 is 0. The summed E-state index contributed by atoms with van der Waals surface area (Å²) in [7, 11) is 1.25. The summed E-state index contributed by atoms with van der Waals surface area (Å²) < 4.78 is 4.47. The first kappa shape index (κ1) is 17.5. The largest absolute Gasteiger partial charge is 0.468 e. The zero-order valence-corrected chi connectivity index (χ0v) is 14.3. The van der Waals surface area contributed by atoms with E-state index in [1.165, 1.54) is 7.11 Å². The van der Waals surface area contributed by atoms with Gasteiger partial charge in [0.2, 0.25) is 0 Å². The van der Waals surface area contributed by atoms with Crippen LogP contribution in [0.2, 0.25) is 0 Å². The van der Waals surface area contributed by atoms with Crippen LogP contribution in [0.25, 0.3) is 0 Å². The number of anilines is 2. The Morgan fingerprint density at radius 1 is 1.12 bits per heavy atom. The Labute approximate surface area is 150 Å². The highest BCUT2D eigenvalue weighted by Crippen LogP contribution is 2.32. The molecule has 2 aromatic rings. The number of hydrogen-bond acceptors (Lipinski definition) is 4. The molecule has 0 saturated heterocycles. The van der Waals surface area contributed by atoms with Crippen molar-refractivity contribution in [3.63, 3.8) is 0 Å². The van der Waals surface area contributed by atoms with E-state index in [2.05, 4.69) is 15.4 Å². The first-order chi connectivity index (χ1) is 12.6. The minimum Gasteiger partial charge on any atom is -0.468 e. The summed E-state index contributed by atoms with van der Waals surface area (Å²) in [6.07, 6.45) is 0.767. The number of nitrogens with zero attached hydrogens (tertiary/aromatic N) is 1. The molecule has 134 valence electrons. The monoisotopic (exact) mass is 353 g/mol. The number of fused-ring (bicyclic) bond motifs is 1. The number of amides is 3. The maximum atomic E-state index is 12.7. The number of hydrogen-bond donors (Lipinski definition) is 2. The summed E-state index contributed by atoms with van der Waals surface area (Å²) in [6.45, 7) is 0.382. The maximum absolute atomic E-state index is 12.7. The fourth-order valence-corrected chi connectivity index (χ4v) is 2.80. The van der Waals surface area contributed by atoms with E-state index in [9.17, 15) is 14.4 Å². The molecule has 26 heavy (non-hydrogen) atoms. The highest BCUT2D eigenvalue weighted by molar-refractivity contribution is 6.07. The van der Waals surface area contributed by atoms with Crippen molar-refractivity contribution < 1.29 is 19.1 Å². The second-order valence-electron chi connectivity index (χ2n) is 5.80. The molecule has 1 aliphatic heterocycles. The first-order valence-electron chi connectivity index (χ1n) is 8.20. The molecule has 0 aliphatic carbocycles. The standard InChI is InChI=1S/C19H19N3O4/c1-26-17(23)12-20-19(25)21-15-8-7-13-9-10-22(16(13)11-15)18(24)14-5-3-2-4-6-14/h2-8,11H,9-10,12H2,1H3,(H2,20,21,25). The summed E-state index contributed by atoms with van der Waals surface area (Å²) in [5.41, 5.74) is 2.99. The van der Waals surface area contributed by atoms with Crippen molar-refractivity contribution >= 4 is 29.3 Å².